The van der Waals surface area contributed by atoms with E-state index in [1.54, 1.807) is 24.4 Å². The number of likely N-dealkylation sites (tertiary alicyclic amines) is 1. The van der Waals surface area contributed by atoms with Crippen LogP contribution in [-0.2, 0) is 20.9 Å². The monoisotopic (exact) mass is 367 g/mol. The van der Waals surface area contributed by atoms with Gasteiger partial charge in [0.2, 0.25) is 11.8 Å². The lowest BCUT2D eigenvalue weighted by atomic mass is 9.90. The summed E-state index contributed by atoms with van der Waals surface area (Å²) in [5.41, 5.74) is 3.07. The number of amides is 2. The Labute approximate surface area is 159 Å². The molecule has 1 aliphatic heterocycles. The minimum atomic E-state index is -0.419. The summed E-state index contributed by atoms with van der Waals surface area (Å²) in [6, 6.07) is 11.4. The highest BCUT2D eigenvalue weighted by atomic mass is 16.5. The summed E-state index contributed by atoms with van der Waals surface area (Å²) in [7, 11) is 1.61. The highest BCUT2D eigenvalue weighted by molar-refractivity contribution is 5.90. The molecule has 1 aromatic carbocycles. The number of aromatic nitrogens is 1. The minimum Gasteiger partial charge on any atom is -0.383 e. The number of methoxy groups -OCH3 is 1. The fourth-order valence-electron chi connectivity index (χ4n) is 3.60. The van der Waals surface area contributed by atoms with Crippen molar-refractivity contribution in [2.24, 2.45) is 5.92 Å². The summed E-state index contributed by atoms with van der Waals surface area (Å²) in [5.74, 6) is -0.532. The van der Waals surface area contributed by atoms with Gasteiger partial charge >= 0.3 is 0 Å². The Morgan fingerprint density at radius 3 is 2.70 bits per heavy atom. The number of rotatable bonds is 7. The van der Waals surface area contributed by atoms with Gasteiger partial charge in [0.15, 0.2) is 0 Å². The van der Waals surface area contributed by atoms with Crippen LogP contribution < -0.4 is 5.32 Å². The van der Waals surface area contributed by atoms with Gasteiger partial charge in [-0.25, -0.2) is 0 Å². The highest BCUT2D eigenvalue weighted by Gasteiger charge is 2.44. The van der Waals surface area contributed by atoms with E-state index in [4.69, 9.17) is 4.74 Å². The topological polar surface area (TPSA) is 71.5 Å². The molecule has 1 fully saturated rings. The Morgan fingerprint density at radius 2 is 2.00 bits per heavy atom. The zero-order chi connectivity index (χ0) is 19.2. The average molecular weight is 367 g/mol. The van der Waals surface area contributed by atoms with Crippen molar-refractivity contribution in [1.82, 2.24) is 15.2 Å². The molecule has 0 unspecified atom stereocenters. The number of hydrogen-bond acceptors (Lipinski definition) is 4. The lowest BCUT2D eigenvalue weighted by Crippen LogP contribution is -2.37. The third kappa shape index (κ3) is 4.34. The number of nitrogens with zero attached hydrogens (tertiary/aromatic N) is 2. The van der Waals surface area contributed by atoms with Crippen molar-refractivity contribution < 1.29 is 14.3 Å². The highest BCUT2D eigenvalue weighted by Crippen LogP contribution is 2.39. The zero-order valence-electron chi connectivity index (χ0n) is 15.7. The quantitative estimate of drug-likeness (QED) is 0.815. The van der Waals surface area contributed by atoms with Gasteiger partial charge in [-0.2, -0.15) is 0 Å². The second-order valence-corrected chi connectivity index (χ2v) is 6.77. The number of pyridine rings is 1. The molecule has 0 spiro atoms. The van der Waals surface area contributed by atoms with Gasteiger partial charge in [0.1, 0.15) is 0 Å². The smallest absolute Gasteiger partial charge is 0.226 e. The van der Waals surface area contributed by atoms with Crippen LogP contribution in [0.1, 0.15) is 29.2 Å². The van der Waals surface area contributed by atoms with E-state index in [-0.39, 0.29) is 24.3 Å². The van der Waals surface area contributed by atoms with E-state index in [1.807, 2.05) is 43.3 Å². The largest absolute Gasteiger partial charge is 0.383 e. The van der Waals surface area contributed by atoms with E-state index < -0.39 is 5.92 Å². The summed E-state index contributed by atoms with van der Waals surface area (Å²) in [5, 5.41) is 2.98. The molecular formula is C21H25N3O3. The van der Waals surface area contributed by atoms with E-state index in [0.717, 1.165) is 16.7 Å². The van der Waals surface area contributed by atoms with E-state index in [2.05, 4.69) is 10.3 Å². The fourth-order valence-corrected chi connectivity index (χ4v) is 3.60. The molecule has 1 aromatic heterocycles. The lowest BCUT2D eigenvalue weighted by Gasteiger charge is -2.29. The van der Waals surface area contributed by atoms with Gasteiger partial charge in [-0.05, 0) is 35.7 Å². The van der Waals surface area contributed by atoms with Gasteiger partial charge in [-0.3, -0.25) is 14.6 Å². The zero-order valence-corrected chi connectivity index (χ0v) is 15.7. The predicted octanol–water partition coefficient (Wildman–Crippen LogP) is 2.24. The molecule has 2 amide bonds. The number of aryl methyl sites for hydroxylation is 1. The molecule has 6 heteroatoms. The van der Waals surface area contributed by atoms with Crippen molar-refractivity contribution >= 4 is 11.8 Å². The first-order valence-corrected chi connectivity index (χ1v) is 9.12. The summed E-state index contributed by atoms with van der Waals surface area (Å²) >= 11 is 0. The number of carbonyl (C=O) groups is 2. The normalized spacial score (nSPS) is 19.3. The van der Waals surface area contributed by atoms with E-state index in [9.17, 15) is 9.59 Å². The van der Waals surface area contributed by atoms with E-state index in [0.29, 0.717) is 19.7 Å². The van der Waals surface area contributed by atoms with Gasteiger partial charge < -0.3 is 15.0 Å². The molecule has 2 heterocycles. The number of ether oxygens (including phenoxy) is 1. The number of benzene rings is 1. The molecule has 2 atom stereocenters. The molecule has 1 N–H and O–H groups in total. The fraction of sp³-hybridized carbons (Fsp3) is 0.381. The molecule has 1 saturated heterocycles. The molecule has 0 bridgehead atoms. The van der Waals surface area contributed by atoms with Crippen molar-refractivity contribution in [2.75, 3.05) is 20.3 Å². The van der Waals surface area contributed by atoms with Crippen LogP contribution in [0, 0.1) is 12.8 Å². The molecule has 0 aliphatic carbocycles. The molecule has 27 heavy (non-hydrogen) atoms. The molecule has 142 valence electrons. The maximum atomic E-state index is 12.9. The molecule has 1 aliphatic rings. The van der Waals surface area contributed by atoms with Crippen LogP contribution in [-0.4, -0.2) is 42.0 Å². The molecular weight excluding hydrogens is 342 g/mol. The van der Waals surface area contributed by atoms with E-state index >= 15 is 0 Å². The second kappa shape index (κ2) is 8.77. The lowest BCUT2D eigenvalue weighted by molar-refractivity contribution is -0.129. The number of hydrogen-bond donors (Lipinski definition) is 1. The third-order valence-corrected chi connectivity index (χ3v) is 5.03. The predicted molar refractivity (Wildman–Crippen MR) is 102 cm³/mol. The first-order valence-electron chi connectivity index (χ1n) is 9.12. The van der Waals surface area contributed by atoms with Crippen LogP contribution in [0.25, 0.3) is 0 Å². The summed E-state index contributed by atoms with van der Waals surface area (Å²) < 4.78 is 5.17. The third-order valence-electron chi connectivity index (χ3n) is 5.03. The molecule has 3 rings (SSSR count). The SMILES string of the molecule is COCCN1C(=O)C[C@@H](C(=O)NCc2ccncc2)[C@@H]1c1ccccc1C. The van der Waals surface area contributed by atoms with Crippen LogP contribution >= 0.6 is 0 Å². The maximum Gasteiger partial charge on any atom is 0.226 e. The standard InChI is InChI=1S/C21H25N3O3/c1-15-5-3-4-6-17(15)20-18(13-19(25)24(20)11-12-27-2)21(26)23-14-16-7-9-22-10-8-16/h3-10,18,20H,11-14H2,1-2H3,(H,23,26)/t18-,20+/m1/s1. The van der Waals surface area contributed by atoms with Gasteiger partial charge in [-0.1, -0.05) is 24.3 Å². The summed E-state index contributed by atoms with van der Waals surface area (Å²) in [4.78, 5) is 31.4. The van der Waals surface area contributed by atoms with Crippen LogP contribution in [0.2, 0.25) is 0 Å². The van der Waals surface area contributed by atoms with Crippen LogP contribution in [0.15, 0.2) is 48.8 Å². The van der Waals surface area contributed by atoms with Crippen LogP contribution in [0.3, 0.4) is 0 Å². The van der Waals surface area contributed by atoms with Gasteiger partial charge in [-0.15, -0.1) is 0 Å². The first-order chi connectivity index (χ1) is 13.1. The van der Waals surface area contributed by atoms with Crippen molar-refractivity contribution in [3.05, 3.63) is 65.5 Å². The Bertz CT molecular complexity index is 794. The summed E-state index contributed by atoms with van der Waals surface area (Å²) in [6.45, 7) is 3.35. The Kier molecular flexibility index (Phi) is 6.19. The van der Waals surface area contributed by atoms with Crippen molar-refractivity contribution in [2.45, 2.75) is 25.9 Å². The van der Waals surface area contributed by atoms with Crippen molar-refractivity contribution in [1.29, 1.82) is 0 Å². The number of carbonyl (C=O) groups excluding carboxylic acids is 2. The molecule has 6 nitrogen and oxygen atoms in total. The molecule has 2 aromatic rings. The van der Waals surface area contributed by atoms with E-state index in [1.165, 1.54) is 0 Å². The Balaban J connectivity index is 1.82. The Morgan fingerprint density at radius 1 is 1.26 bits per heavy atom. The van der Waals surface area contributed by atoms with Crippen molar-refractivity contribution in [3.8, 4) is 0 Å². The number of nitrogens with one attached hydrogen (secondary N) is 1. The van der Waals surface area contributed by atoms with Gasteiger partial charge in [0.05, 0.1) is 18.6 Å². The van der Waals surface area contributed by atoms with Crippen molar-refractivity contribution in [3.63, 3.8) is 0 Å². The first kappa shape index (κ1) is 19.0. The maximum absolute atomic E-state index is 12.9. The average Bonchev–Trinajstić information content (AvgIpc) is 3.02. The molecule has 0 radical (unpaired) electrons. The minimum absolute atomic E-state index is 0.00985. The van der Waals surface area contributed by atoms with Gasteiger partial charge in [0.25, 0.3) is 0 Å². The summed E-state index contributed by atoms with van der Waals surface area (Å²) in [6.07, 6.45) is 3.61. The van der Waals surface area contributed by atoms with Gasteiger partial charge in [0, 0.05) is 39.0 Å². The second-order valence-electron chi connectivity index (χ2n) is 6.77. The van der Waals surface area contributed by atoms with Crippen LogP contribution in [0.5, 0.6) is 0 Å². The molecule has 0 saturated carbocycles. The van der Waals surface area contributed by atoms with Crippen LogP contribution in [0.4, 0.5) is 0 Å². The Hall–Kier alpha value is -2.73.